The van der Waals surface area contributed by atoms with Gasteiger partial charge in [-0.3, -0.25) is 4.90 Å². The zero-order valence-electron chi connectivity index (χ0n) is 13.6. The molecule has 1 unspecified atom stereocenters. The number of nitrogens with one attached hydrogen (secondary N) is 1. The maximum absolute atomic E-state index is 9.19. The third kappa shape index (κ3) is 2.89. The van der Waals surface area contributed by atoms with Crippen molar-refractivity contribution in [2.45, 2.75) is 45.6 Å². The molecule has 1 heterocycles. The number of H-pyrrole nitrogens is 1. The molecule has 116 valence electrons. The van der Waals surface area contributed by atoms with Crippen LogP contribution in [0.4, 0.5) is 0 Å². The van der Waals surface area contributed by atoms with Gasteiger partial charge in [-0.2, -0.15) is 5.26 Å². The molecule has 0 saturated heterocycles. The molecule has 0 radical (unpaired) electrons. The summed E-state index contributed by atoms with van der Waals surface area (Å²) in [7, 11) is 0. The van der Waals surface area contributed by atoms with Crippen molar-refractivity contribution < 1.29 is 0 Å². The van der Waals surface area contributed by atoms with E-state index < -0.39 is 0 Å². The molecule has 1 aromatic carbocycles. The van der Waals surface area contributed by atoms with Crippen LogP contribution >= 0.6 is 0 Å². The van der Waals surface area contributed by atoms with Crippen molar-refractivity contribution in [2.24, 2.45) is 5.92 Å². The molecule has 1 saturated carbocycles. The predicted octanol–water partition coefficient (Wildman–Crippen LogP) is 4.61. The van der Waals surface area contributed by atoms with E-state index in [1.54, 1.807) is 0 Å². The van der Waals surface area contributed by atoms with E-state index in [1.807, 2.05) is 18.2 Å². The summed E-state index contributed by atoms with van der Waals surface area (Å²) in [5.41, 5.74) is 3.28. The van der Waals surface area contributed by atoms with Crippen LogP contribution in [0.2, 0.25) is 0 Å². The smallest absolute Gasteiger partial charge is 0.0991 e. The Hall–Kier alpha value is -1.79. The minimum absolute atomic E-state index is 0.502. The van der Waals surface area contributed by atoms with Crippen LogP contribution in [0, 0.1) is 17.2 Å². The van der Waals surface area contributed by atoms with Gasteiger partial charge in [0.05, 0.1) is 11.6 Å². The lowest BCUT2D eigenvalue weighted by molar-refractivity contribution is 0.178. The standard InChI is InChI=1S/C19H25N3/c1-3-9-22(10-4-2)19(15-6-7-15)17-13-21-18-8-5-14(12-20)11-16(17)18/h5,8,11,13,15,19,21H,3-4,6-7,9-10H2,1-2H3. The van der Waals surface area contributed by atoms with Crippen LogP contribution in [-0.4, -0.2) is 23.0 Å². The monoisotopic (exact) mass is 295 g/mol. The number of hydrogen-bond acceptors (Lipinski definition) is 2. The first-order valence-corrected chi connectivity index (χ1v) is 8.53. The van der Waals surface area contributed by atoms with Gasteiger partial charge in [0.1, 0.15) is 0 Å². The van der Waals surface area contributed by atoms with E-state index in [0.717, 1.165) is 30.1 Å². The van der Waals surface area contributed by atoms with Crippen molar-refractivity contribution in [3.8, 4) is 6.07 Å². The van der Waals surface area contributed by atoms with Crippen molar-refractivity contribution in [3.05, 3.63) is 35.5 Å². The summed E-state index contributed by atoms with van der Waals surface area (Å²) in [6.07, 6.45) is 7.22. The Balaban J connectivity index is 2.02. The minimum Gasteiger partial charge on any atom is -0.361 e. The van der Waals surface area contributed by atoms with Crippen LogP contribution in [-0.2, 0) is 0 Å². The van der Waals surface area contributed by atoms with Crippen LogP contribution in [0.5, 0.6) is 0 Å². The van der Waals surface area contributed by atoms with E-state index in [2.05, 4.69) is 36.0 Å². The second-order valence-corrected chi connectivity index (χ2v) is 6.43. The summed E-state index contributed by atoms with van der Waals surface area (Å²) >= 11 is 0. The molecular weight excluding hydrogens is 270 g/mol. The molecular formula is C19H25N3. The number of benzene rings is 1. The Bertz CT molecular complexity index is 670. The highest BCUT2D eigenvalue weighted by Crippen LogP contribution is 2.46. The number of aromatic nitrogens is 1. The summed E-state index contributed by atoms with van der Waals surface area (Å²) in [5.74, 6) is 0.780. The quantitative estimate of drug-likeness (QED) is 0.810. The average Bonchev–Trinajstić information content (AvgIpc) is 3.28. The molecule has 1 atom stereocenters. The molecule has 0 aliphatic heterocycles. The first-order chi connectivity index (χ1) is 10.8. The predicted molar refractivity (Wildman–Crippen MR) is 90.6 cm³/mol. The zero-order chi connectivity index (χ0) is 15.5. The molecule has 0 amide bonds. The fourth-order valence-electron chi connectivity index (χ4n) is 3.58. The van der Waals surface area contributed by atoms with Gasteiger partial charge >= 0.3 is 0 Å². The Labute approximate surface area is 132 Å². The highest BCUT2D eigenvalue weighted by molar-refractivity contribution is 5.85. The lowest BCUT2D eigenvalue weighted by atomic mass is 9.98. The fraction of sp³-hybridized carbons (Fsp3) is 0.526. The first kappa shape index (κ1) is 15.1. The van der Waals surface area contributed by atoms with Crippen LogP contribution in [0.15, 0.2) is 24.4 Å². The first-order valence-electron chi connectivity index (χ1n) is 8.53. The fourth-order valence-corrected chi connectivity index (χ4v) is 3.58. The van der Waals surface area contributed by atoms with Gasteiger partial charge in [0, 0.05) is 23.1 Å². The van der Waals surface area contributed by atoms with Gasteiger partial charge in [-0.15, -0.1) is 0 Å². The van der Waals surface area contributed by atoms with E-state index >= 15 is 0 Å². The number of nitrogens with zero attached hydrogens (tertiary/aromatic N) is 2. The minimum atomic E-state index is 0.502. The Morgan fingerprint density at radius 2 is 2.00 bits per heavy atom. The molecule has 1 N–H and O–H groups in total. The van der Waals surface area contributed by atoms with Crippen molar-refractivity contribution in [3.63, 3.8) is 0 Å². The molecule has 3 rings (SSSR count). The van der Waals surface area contributed by atoms with Gasteiger partial charge in [-0.25, -0.2) is 0 Å². The van der Waals surface area contributed by atoms with E-state index in [0.29, 0.717) is 6.04 Å². The lowest BCUT2D eigenvalue weighted by Gasteiger charge is -2.31. The Morgan fingerprint density at radius 1 is 1.27 bits per heavy atom. The molecule has 1 aliphatic rings. The number of rotatable bonds is 7. The van der Waals surface area contributed by atoms with E-state index in [4.69, 9.17) is 0 Å². The van der Waals surface area contributed by atoms with Crippen LogP contribution < -0.4 is 0 Å². The van der Waals surface area contributed by atoms with Gasteiger partial charge in [0.2, 0.25) is 0 Å². The summed E-state index contributed by atoms with van der Waals surface area (Å²) in [6, 6.07) is 8.75. The maximum Gasteiger partial charge on any atom is 0.0991 e. The normalized spacial score (nSPS) is 16.1. The van der Waals surface area contributed by atoms with Gasteiger partial charge < -0.3 is 4.98 Å². The molecule has 1 aliphatic carbocycles. The van der Waals surface area contributed by atoms with Gasteiger partial charge in [-0.1, -0.05) is 13.8 Å². The molecule has 3 heteroatoms. The van der Waals surface area contributed by atoms with E-state index in [9.17, 15) is 5.26 Å². The number of nitriles is 1. The van der Waals surface area contributed by atoms with Gasteiger partial charge in [0.25, 0.3) is 0 Å². The molecule has 2 aromatic rings. The van der Waals surface area contributed by atoms with Crippen molar-refractivity contribution >= 4 is 10.9 Å². The molecule has 22 heavy (non-hydrogen) atoms. The Kier molecular flexibility index (Phi) is 4.49. The van der Waals surface area contributed by atoms with Crippen molar-refractivity contribution in [2.75, 3.05) is 13.1 Å². The Morgan fingerprint density at radius 3 is 2.59 bits per heavy atom. The maximum atomic E-state index is 9.19. The second kappa shape index (κ2) is 6.54. The number of fused-ring (bicyclic) bond motifs is 1. The summed E-state index contributed by atoms with van der Waals surface area (Å²) in [6.45, 7) is 6.82. The van der Waals surface area contributed by atoms with Crippen molar-refractivity contribution in [1.82, 2.24) is 9.88 Å². The van der Waals surface area contributed by atoms with Crippen molar-refractivity contribution in [1.29, 1.82) is 5.26 Å². The molecule has 1 fully saturated rings. The van der Waals surface area contributed by atoms with E-state index in [-0.39, 0.29) is 0 Å². The molecule has 0 spiro atoms. The second-order valence-electron chi connectivity index (χ2n) is 6.43. The summed E-state index contributed by atoms with van der Waals surface area (Å²) < 4.78 is 0. The zero-order valence-corrected chi connectivity index (χ0v) is 13.6. The third-order valence-electron chi connectivity index (χ3n) is 4.65. The average molecular weight is 295 g/mol. The largest absolute Gasteiger partial charge is 0.361 e. The summed E-state index contributed by atoms with van der Waals surface area (Å²) in [4.78, 5) is 6.06. The number of hydrogen-bond donors (Lipinski definition) is 1. The number of aromatic amines is 1. The van der Waals surface area contributed by atoms with Gasteiger partial charge in [0.15, 0.2) is 0 Å². The summed E-state index contributed by atoms with van der Waals surface area (Å²) in [5, 5.41) is 10.4. The third-order valence-corrected chi connectivity index (χ3v) is 4.65. The van der Waals surface area contributed by atoms with E-state index in [1.165, 1.54) is 36.6 Å². The highest BCUT2D eigenvalue weighted by Gasteiger charge is 2.37. The highest BCUT2D eigenvalue weighted by atomic mass is 15.2. The molecule has 3 nitrogen and oxygen atoms in total. The van der Waals surface area contributed by atoms with Crippen LogP contribution in [0.1, 0.15) is 56.7 Å². The van der Waals surface area contributed by atoms with Gasteiger partial charge in [-0.05, 0) is 68.5 Å². The SMILES string of the molecule is CCCN(CCC)C(c1c[nH]c2ccc(C#N)cc12)C1CC1. The lowest BCUT2D eigenvalue weighted by Crippen LogP contribution is -2.31. The van der Waals surface area contributed by atoms with Crippen LogP contribution in [0.3, 0.4) is 0 Å². The molecule has 1 aromatic heterocycles. The van der Waals surface area contributed by atoms with Crippen LogP contribution in [0.25, 0.3) is 10.9 Å². The molecule has 0 bridgehead atoms. The topological polar surface area (TPSA) is 42.8 Å².